The molecule has 0 aromatic heterocycles. The predicted molar refractivity (Wildman–Crippen MR) is 136 cm³/mol. The lowest BCUT2D eigenvalue weighted by molar-refractivity contribution is -0.138. The normalized spacial score (nSPS) is 15.2. The van der Waals surface area contributed by atoms with Gasteiger partial charge in [0, 0.05) is 24.2 Å². The van der Waals surface area contributed by atoms with Gasteiger partial charge in [0.15, 0.2) is 6.17 Å². The zero-order valence-electron chi connectivity index (χ0n) is 19.9. The summed E-state index contributed by atoms with van der Waals surface area (Å²) in [5, 5.41) is 9.56. The van der Waals surface area contributed by atoms with Crippen molar-refractivity contribution in [2.75, 3.05) is 20.7 Å². The quantitative estimate of drug-likeness (QED) is 0.438. The number of carboxylic acid groups (broad SMARTS) is 1. The zero-order chi connectivity index (χ0) is 24.9. The van der Waals surface area contributed by atoms with Gasteiger partial charge < -0.3 is 14.7 Å². The van der Waals surface area contributed by atoms with Gasteiger partial charge in [-0.25, -0.2) is 4.99 Å². The molecule has 0 saturated carbocycles. The van der Waals surface area contributed by atoms with Crippen LogP contribution >= 0.6 is 11.6 Å². The topological polar surface area (TPSA) is 83.4 Å². The van der Waals surface area contributed by atoms with Crippen LogP contribution in [0.25, 0.3) is 11.1 Å². The number of hydroxylamine groups is 1. The maximum atomic E-state index is 11.0. The van der Waals surface area contributed by atoms with Crippen molar-refractivity contribution < 1.29 is 19.5 Å². The number of rotatable bonds is 9. The van der Waals surface area contributed by atoms with Gasteiger partial charge >= 0.3 is 5.97 Å². The van der Waals surface area contributed by atoms with Gasteiger partial charge in [0.1, 0.15) is 0 Å². The third-order valence-corrected chi connectivity index (χ3v) is 5.97. The van der Waals surface area contributed by atoms with Gasteiger partial charge in [-0.3, -0.25) is 9.69 Å². The van der Waals surface area contributed by atoms with Gasteiger partial charge in [0.2, 0.25) is 5.90 Å². The van der Waals surface area contributed by atoms with E-state index in [0.29, 0.717) is 24.1 Å². The molecule has 1 unspecified atom stereocenters. The molecule has 2 N–H and O–H groups in total. The summed E-state index contributed by atoms with van der Waals surface area (Å²) in [6.45, 7) is 2.95. The van der Waals surface area contributed by atoms with Gasteiger partial charge in [-0.15, -0.1) is 5.48 Å². The van der Waals surface area contributed by atoms with Crippen LogP contribution in [0.3, 0.4) is 0 Å². The van der Waals surface area contributed by atoms with Crippen LogP contribution < -0.4 is 5.48 Å². The number of aliphatic carboxylic acids is 1. The number of likely N-dealkylation sites (N-methyl/N-ethyl adjacent to an activating group) is 1. The molecule has 0 amide bonds. The van der Waals surface area contributed by atoms with Crippen LogP contribution in [0.1, 0.15) is 34.0 Å². The Hall–Kier alpha value is -3.23. The average Bonchev–Trinajstić information content (AvgIpc) is 3.29. The van der Waals surface area contributed by atoms with E-state index in [2.05, 4.69) is 30.6 Å². The number of benzene rings is 3. The number of aliphatic imine (C=N–C) groups is 1. The fourth-order valence-electron chi connectivity index (χ4n) is 4.22. The molecule has 7 nitrogen and oxygen atoms in total. The molecule has 3 aromatic carbocycles. The van der Waals surface area contributed by atoms with Crippen LogP contribution in [0.15, 0.2) is 65.7 Å². The molecule has 1 atom stereocenters. The van der Waals surface area contributed by atoms with Crippen molar-refractivity contribution in [3.8, 4) is 11.1 Å². The summed E-state index contributed by atoms with van der Waals surface area (Å²) in [4.78, 5) is 23.2. The summed E-state index contributed by atoms with van der Waals surface area (Å²) < 4.78 is 5.47. The molecule has 8 heteroatoms. The first-order valence-corrected chi connectivity index (χ1v) is 11.6. The second-order valence-corrected chi connectivity index (χ2v) is 9.07. The molecule has 0 saturated heterocycles. The van der Waals surface area contributed by atoms with Crippen LogP contribution in [0.2, 0.25) is 5.02 Å². The van der Waals surface area contributed by atoms with E-state index in [9.17, 15) is 4.79 Å². The van der Waals surface area contributed by atoms with Crippen LogP contribution in [-0.4, -0.2) is 42.6 Å². The molecule has 1 aliphatic heterocycles. The molecule has 0 aliphatic carbocycles. The molecular weight excluding hydrogens is 466 g/mol. The molecule has 0 bridgehead atoms. The highest BCUT2D eigenvalue weighted by atomic mass is 35.5. The monoisotopic (exact) mass is 493 g/mol. The number of ether oxygens (including phenoxy) is 1. The molecule has 1 heterocycles. The fourth-order valence-corrected chi connectivity index (χ4v) is 4.49. The van der Waals surface area contributed by atoms with E-state index >= 15 is 0 Å². The molecule has 1 aliphatic rings. The van der Waals surface area contributed by atoms with Crippen LogP contribution in [-0.2, 0) is 27.5 Å². The largest absolute Gasteiger partial charge is 0.480 e. The molecule has 3 aromatic rings. The minimum absolute atomic E-state index is 0.0583. The number of carboxylic acids is 1. The van der Waals surface area contributed by atoms with E-state index in [0.717, 1.165) is 33.4 Å². The highest BCUT2D eigenvalue weighted by Crippen LogP contribution is 2.30. The number of methoxy groups -OCH3 is 1. The van der Waals surface area contributed by atoms with Crippen molar-refractivity contribution >= 4 is 23.5 Å². The number of halogens is 1. The summed E-state index contributed by atoms with van der Waals surface area (Å²) in [6, 6.07) is 20.0. The lowest BCUT2D eigenvalue weighted by Gasteiger charge is -2.16. The van der Waals surface area contributed by atoms with E-state index in [-0.39, 0.29) is 6.54 Å². The van der Waals surface area contributed by atoms with E-state index in [4.69, 9.17) is 31.3 Å². The standard InChI is InChI=1S/C27H28ClN3O4/c1-17-6-4-5-7-23(17)24-9-8-19(12-21(24)16-34-3)27-29-26(30-35-27)20-10-18(11-22(28)13-20)14-31(2)15-25(32)33/h4-13,26,30H,14-16H2,1-3H3,(H,32,33). The number of hydrogen-bond donors (Lipinski definition) is 2. The molecule has 35 heavy (non-hydrogen) atoms. The zero-order valence-corrected chi connectivity index (χ0v) is 20.7. The first kappa shape index (κ1) is 24.9. The maximum Gasteiger partial charge on any atom is 0.317 e. The second-order valence-electron chi connectivity index (χ2n) is 8.64. The summed E-state index contributed by atoms with van der Waals surface area (Å²) in [5.74, 6) is -0.399. The molecule has 0 fully saturated rings. The van der Waals surface area contributed by atoms with E-state index in [1.54, 1.807) is 19.1 Å². The number of nitrogens with zero attached hydrogens (tertiary/aromatic N) is 2. The third-order valence-electron chi connectivity index (χ3n) is 5.75. The highest BCUT2D eigenvalue weighted by molar-refractivity contribution is 6.30. The number of nitrogens with one attached hydrogen (secondary N) is 1. The Morgan fingerprint density at radius 3 is 2.71 bits per heavy atom. The Bertz CT molecular complexity index is 1260. The summed E-state index contributed by atoms with van der Waals surface area (Å²) in [5.41, 5.74) is 10.0. The summed E-state index contributed by atoms with van der Waals surface area (Å²) in [6.07, 6.45) is -0.436. The van der Waals surface area contributed by atoms with Crippen LogP contribution in [0, 0.1) is 6.92 Å². The predicted octanol–water partition coefficient (Wildman–Crippen LogP) is 4.96. The smallest absolute Gasteiger partial charge is 0.317 e. The van der Waals surface area contributed by atoms with Gasteiger partial charge in [0.25, 0.3) is 0 Å². The molecule has 4 rings (SSSR count). The minimum atomic E-state index is -0.879. The van der Waals surface area contributed by atoms with Crippen molar-refractivity contribution in [2.24, 2.45) is 4.99 Å². The summed E-state index contributed by atoms with van der Waals surface area (Å²) >= 11 is 6.35. The fraction of sp³-hybridized carbons (Fsp3) is 0.259. The van der Waals surface area contributed by atoms with Gasteiger partial charge in [-0.05, 0) is 71.6 Å². The maximum absolute atomic E-state index is 11.0. The van der Waals surface area contributed by atoms with Crippen molar-refractivity contribution in [3.63, 3.8) is 0 Å². The molecular formula is C27H28ClN3O4. The van der Waals surface area contributed by atoms with E-state index < -0.39 is 12.1 Å². The van der Waals surface area contributed by atoms with Crippen molar-refractivity contribution in [2.45, 2.75) is 26.2 Å². The molecule has 182 valence electrons. The lowest BCUT2D eigenvalue weighted by Crippen LogP contribution is -2.25. The van der Waals surface area contributed by atoms with Crippen molar-refractivity contribution in [1.82, 2.24) is 10.4 Å². The third kappa shape index (κ3) is 6.07. The lowest BCUT2D eigenvalue weighted by atomic mass is 9.94. The second kappa shape index (κ2) is 11.0. The molecule has 0 radical (unpaired) electrons. The van der Waals surface area contributed by atoms with E-state index in [1.165, 1.54) is 5.56 Å². The van der Waals surface area contributed by atoms with Gasteiger partial charge in [0.05, 0.1) is 13.2 Å². The van der Waals surface area contributed by atoms with Gasteiger partial charge in [-0.1, -0.05) is 48.0 Å². The van der Waals surface area contributed by atoms with Crippen molar-refractivity contribution in [3.05, 3.63) is 93.5 Å². The van der Waals surface area contributed by atoms with Crippen LogP contribution in [0.4, 0.5) is 0 Å². The highest BCUT2D eigenvalue weighted by Gasteiger charge is 2.23. The summed E-state index contributed by atoms with van der Waals surface area (Å²) in [7, 11) is 3.43. The van der Waals surface area contributed by atoms with Gasteiger partial charge in [-0.2, -0.15) is 0 Å². The minimum Gasteiger partial charge on any atom is -0.480 e. The molecule has 0 spiro atoms. The number of hydrogen-bond acceptors (Lipinski definition) is 6. The van der Waals surface area contributed by atoms with E-state index in [1.807, 2.05) is 42.5 Å². The number of aryl methyl sites for hydroxylation is 1. The Labute approximate surface area is 209 Å². The Kier molecular flexibility index (Phi) is 7.83. The Morgan fingerprint density at radius 2 is 1.97 bits per heavy atom. The SMILES string of the molecule is COCc1cc(C2=NC(c3cc(Cl)cc(CN(C)CC(=O)O)c3)NO2)ccc1-c1ccccc1C. The van der Waals surface area contributed by atoms with Crippen molar-refractivity contribution in [1.29, 1.82) is 0 Å². The first-order chi connectivity index (χ1) is 16.8. The number of carbonyl (C=O) groups is 1. The van der Waals surface area contributed by atoms with Crippen LogP contribution in [0.5, 0.6) is 0 Å². The average molecular weight is 494 g/mol. The Balaban J connectivity index is 1.60. The first-order valence-electron chi connectivity index (χ1n) is 11.2. The Morgan fingerprint density at radius 1 is 1.17 bits per heavy atom.